The number of nitrogens with zero attached hydrogens (tertiary/aromatic N) is 3. The molecular weight excluding hydrogens is 627 g/mol. The van der Waals surface area contributed by atoms with Crippen LogP contribution in [-0.4, -0.2) is 88.9 Å². The van der Waals surface area contributed by atoms with Crippen molar-refractivity contribution in [1.29, 1.82) is 0 Å². The monoisotopic (exact) mass is 672 g/mol. The predicted octanol–water partition coefficient (Wildman–Crippen LogP) is 3.45. The number of piperazine rings is 1. The molecule has 0 radical (unpaired) electrons. The Hall–Kier alpha value is -2.38. The fourth-order valence-corrected chi connectivity index (χ4v) is 7.96. The van der Waals surface area contributed by atoms with Gasteiger partial charge in [-0.25, -0.2) is 8.42 Å². The molecule has 3 aliphatic rings. The van der Waals surface area contributed by atoms with Crippen molar-refractivity contribution in [2.24, 2.45) is 5.92 Å². The van der Waals surface area contributed by atoms with E-state index in [0.29, 0.717) is 38.2 Å². The van der Waals surface area contributed by atoms with Gasteiger partial charge >= 0.3 is 0 Å². The minimum absolute atomic E-state index is 0. The highest BCUT2D eigenvalue weighted by molar-refractivity contribution is 7.92. The number of nitrogens with one attached hydrogen (secondary N) is 3. The summed E-state index contributed by atoms with van der Waals surface area (Å²) in [6.45, 7) is 7.37. The number of aromatic nitrogens is 2. The van der Waals surface area contributed by atoms with Gasteiger partial charge in [-0.2, -0.15) is 5.10 Å². The van der Waals surface area contributed by atoms with Crippen LogP contribution in [0.5, 0.6) is 0 Å². The first-order valence-electron chi connectivity index (χ1n) is 15.1. The van der Waals surface area contributed by atoms with Gasteiger partial charge in [0.05, 0.1) is 24.1 Å². The van der Waals surface area contributed by atoms with Crippen molar-refractivity contribution in [3.05, 3.63) is 46.8 Å². The number of aryl methyl sites for hydroxylation is 2. The summed E-state index contributed by atoms with van der Waals surface area (Å²) in [5.41, 5.74) is 3.36. The molecule has 1 aromatic heterocycles. The number of rotatable bonds is 8. The summed E-state index contributed by atoms with van der Waals surface area (Å²) in [6, 6.07) is 6.27. The van der Waals surface area contributed by atoms with Crippen molar-refractivity contribution in [2.75, 3.05) is 30.6 Å². The van der Waals surface area contributed by atoms with E-state index in [2.05, 4.69) is 25.1 Å². The van der Waals surface area contributed by atoms with Crippen molar-refractivity contribution < 1.29 is 23.1 Å². The molecule has 3 fully saturated rings. The van der Waals surface area contributed by atoms with Gasteiger partial charge in [0.25, 0.3) is 0 Å². The Kier molecular flexibility index (Phi) is 11.8. The number of halogens is 2. The van der Waals surface area contributed by atoms with Crippen LogP contribution in [0.25, 0.3) is 0 Å². The largest absolute Gasteiger partial charge is 0.390 e. The molecule has 1 aromatic carbocycles. The molecule has 3 heterocycles. The first-order chi connectivity index (χ1) is 19.9. The lowest BCUT2D eigenvalue weighted by Crippen LogP contribution is -2.75. The maximum atomic E-state index is 13.8. The molecule has 1 saturated carbocycles. The molecule has 1 aliphatic carbocycles. The number of likely N-dealkylation sites (N-methyl/N-ethyl adjacent to an activating group) is 1. The number of carbonyl (C=O) groups is 2. The second-order valence-electron chi connectivity index (χ2n) is 12.2. The summed E-state index contributed by atoms with van der Waals surface area (Å²) >= 11 is 0. The van der Waals surface area contributed by atoms with Crippen LogP contribution in [0.3, 0.4) is 0 Å². The molecule has 5 rings (SSSR count). The zero-order valence-electron chi connectivity index (χ0n) is 25.8. The third kappa shape index (κ3) is 7.04. The molecule has 2 aliphatic heterocycles. The van der Waals surface area contributed by atoms with Gasteiger partial charge in [0.1, 0.15) is 11.6 Å². The molecule has 14 heteroatoms. The standard InChI is InChI=1S/C30H44N6O5S.2ClH/c1-5-36-28(38)25(27(37)22-9-7-6-8-10-22)31-29(39)30(36)15-17-35(18-16-30)26(24-19(2)32-33-20(24)3)21-11-13-23(14-12-21)34-42(4,40)41;;/h11-14,22,25-27,34,37H,5-10,15-18H2,1-4H3,(H,31,39)(H,32,33);2*1H/t25-,26?,27-;;/m1../s1. The van der Waals surface area contributed by atoms with Crippen molar-refractivity contribution in [1.82, 2.24) is 25.3 Å². The van der Waals surface area contributed by atoms with E-state index in [1.165, 1.54) is 0 Å². The van der Waals surface area contributed by atoms with Gasteiger partial charge in [-0.1, -0.05) is 31.4 Å². The Labute approximate surface area is 272 Å². The fourth-order valence-electron chi connectivity index (χ4n) is 7.40. The highest BCUT2D eigenvalue weighted by Gasteiger charge is 2.55. The van der Waals surface area contributed by atoms with E-state index >= 15 is 0 Å². The van der Waals surface area contributed by atoms with Gasteiger partial charge in [0.2, 0.25) is 21.8 Å². The summed E-state index contributed by atoms with van der Waals surface area (Å²) in [5.74, 6) is -0.327. The zero-order chi connectivity index (χ0) is 30.2. The van der Waals surface area contributed by atoms with Gasteiger partial charge in [0.15, 0.2) is 0 Å². The molecule has 11 nitrogen and oxygen atoms in total. The van der Waals surface area contributed by atoms with E-state index in [9.17, 15) is 23.1 Å². The molecule has 1 spiro atoms. The molecule has 2 amide bonds. The van der Waals surface area contributed by atoms with Gasteiger partial charge < -0.3 is 15.3 Å². The summed E-state index contributed by atoms with van der Waals surface area (Å²) in [7, 11) is -3.40. The zero-order valence-corrected chi connectivity index (χ0v) is 28.3. The number of carbonyl (C=O) groups excluding carboxylic acids is 2. The highest BCUT2D eigenvalue weighted by atomic mass is 35.5. The van der Waals surface area contributed by atoms with Crippen LogP contribution in [0.1, 0.15) is 80.4 Å². The number of H-pyrrole nitrogens is 1. The summed E-state index contributed by atoms with van der Waals surface area (Å²) in [4.78, 5) is 31.6. The molecular formula is C30H46Cl2N6O5S. The SMILES string of the molecule is CCN1C(=O)[C@@H]([C@H](O)C2CCCCC2)NC(=O)C12CCN(C(c1ccc(NS(C)(=O)=O)cc1)c1c(C)n[nH]c1C)CC2.Cl.Cl. The molecule has 0 bridgehead atoms. The number of anilines is 1. The molecule has 4 N–H and O–H groups in total. The number of hydrogen-bond acceptors (Lipinski definition) is 7. The Morgan fingerprint density at radius 3 is 2.20 bits per heavy atom. The topological polar surface area (TPSA) is 148 Å². The first kappa shape index (κ1) is 36.1. The highest BCUT2D eigenvalue weighted by Crippen LogP contribution is 2.40. The molecule has 2 aromatic rings. The number of likely N-dealkylation sites (tertiary alicyclic amines) is 1. The van der Waals surface area contributed by atoms with Crippen LogP contribution >= 0.6 is 24.8 Å². The second-order valence-corrected chi connectivity index (χ2v) is 14.0. The number of benzene rings is 1. The lowest BCUT2D eigenvalue weighted by molar-refractivity contribution is -0.165. The van der Waals surface area contributed by atoms with Crippen molar-refractivity contribution in [2.45, 2.75) is 89.4 Å². The number of aromatic amines is 1. The van der Waals surface area contributed by atoms with Crippen LogP contribution in [0, 0.1) is 19.8 Å². The summed E-state index contributed by atoms with van der Waals surface area (Å²) < 4.78 is 26.0. The minimum atomic E-state index is -3.40. The minimum Gasteiger partial charge on any atom is -0.390 e. The lowest BCUT2D eigenvalue weighted by atomic mass is 9.77. The van der Waals surface area contributed by atoms with Crippen LogP contribution < -0.4 is 10.0 Å². The third-order valence-electron chi connectivity index (χ3n) is 9.53. The van der Waals surface area contributed by atoms with E-state index in [-0.39, 0.29) is 48.6 Å². The quantitative estimate of drug-likeness (QED) is 0.336. The first-order valence-corrected chi connectivity index (χ1v) is 17.0. The molecule has 1 unspecified atom stereocenters. The smallest absolute Gasteiger partial charge is 0.248 e. The molecule has 3 atom stereocenters. The van der Waals surface area contributed by atoms with Crippen LogP contribution in [0.15, 0.2) is 24.3 Å². The van der Waals surface area contributed by atoms with Crippen molar-refractivity contribution in [3.8, 4) is 0 Å². The number of piperidine rings is 1. The lowest BCUT2D eigenvalue weighted by Gasteiger charge is -2.53. The Bertz CT molecular complexity index is 1390. The van der Waals surface area contributed by atoms with Crippen molar-refractivity contribution in [3.63, 3.8) is 0 Å². The van der Waals surface area contributed by atoms with Crippen LogP contribution in [-0.2, 0) is 19.6 Å². The number of aliphatic hydroxyl groups excluding tert-OH is 1. The average molecular weight is 674 g/mol. The summed E-state index contributed by atoms with van der Waals surface area (Å²) in [5, 5.41) is 21.6. The Morgan fingerprint density at radius 2 is 1.68 bits per heavy atom. The Balaban J connectivity index is 0.00000264. The molecule has 44 heavy (non-hydrogen) atoms. The van der Waals surface area contributed by atoms with E-state index in [1.54, 1.807) is 17.0 Å². The maximum absolute atomic E-state index is 13.8. The van der Waals surface area contributed by atoms with Gasteiger partial charge in [-0.3, -0.25) is 24.3 Å². The fraction of sp³-hybridized carbons (Fsp3) is 0.633. The average Bonchev–Trinajstić information content (AvgIpc) is 3.29. The van der Waals surface area contributed by atoms with Gasteiger partial charge in [0, 0.05) is 36.6 Å². The number of amides is 2. The number of hydrogen-bond donors (Lipinski definition) is 4. The van der Waals surface area contributed by atoms with Crippen LogP contribution in [0.4, 0.5) is 5.69 Å². The second kappa shape index (κ2) is 14.4. The van der Waals surface area contributed by atoms with E-state index in [4.69, 9.17) is 0 Å². The third-order valence-corrected chi connectivity index (χ3v) is 10.1. The van der Waals surface area contributed by atoms with E-state index in [1.807, 2.05) is 32.9 Å². The molecule has 246 valence electrons. The normalized spacial score (nSPS) is 22.5. The Morgan fingerprint density at radius 1 is 1.07 bits per heavy atom. The summed E-state index contributed by atoms with van der Waals surface area (Å²) in [6.07, 6.45) is 6.17. The number of sulfonamides is 1. The van der Waals surface area contributed by atoms with Crippen LogP contribution in [0.2, 0.25) is 0 Å². The molecule has 2 saturated heterocycles. The number of aliphatic hydroxyl groups is 1. The van der Waals surface area contributed by atoms with E-state index in [0.717, 1.165) is 60.9 Å². The van der Waals surface area contributed by atoms with Gasteiger partial charge in [-0.05, 0) is 70.1 Å². The van der Waals surface area contributed by atoms with E-state index < -0.39 is 27.7 Å². The maximum Gasteiger partial charge on any atom is 0.248 e. The predicted molar refractivity (Wildman–Crippen MR) is 175 cm³/mol. The van der Waals surface area contributed by atoms with Gasteiger partial charge in [-0.15, -0.1) is 24.8 Å². The van der Waals surface area contributed by atoms with Crippen molar-refractivity contribution >= 4 is 52.3 Å².